The topological polar surface area (TPSA) is 58.3 Å². The molecule has 0 saturated heterocycles. The maximum absolute atomic E-state index is 9.21. The highest BCUT2D eigenvalue weighted by atomic mass is 16.3. The van der Waals surface area contributed by atoms with Crippen molar-refractivity contribution in [1.29, 1.82) is 0 Å². The van der Waals surface area contributed by atoms with Gasteiger partial charge in [0.2, 0.25) is 0 Å². The fraction of sp³-hybridized carbons (Fsp3) is 0.333. The molecule has 3 nitrogen and oxygen atoms in total. The normalized spacial score (nSPS) is 21.2. The van der Waals surface area contributed by atoms with Gasteiger partial charge in [-0.25, -0.2) is 0 Å². The quantitative estimate of drug-likeness (QED) is 0.494. The highest BCUT2D eigenvalue weighted by molar-refractivity contribution is 5.56. The summed E-state index contributed by atoms with van der Waals surface area (Å²) < 4.78 is 0. The summed E-state index contributed by atoms with van der Waals surface area (Å²) in [6.45, 7) is 0.817. The van der Waals surface area contributed by atoms with Gasteiger partial charge in [-0.1, -0.05) is 0 Å². The van der Waals surface area contributed by atoms with Crippen LogP contribution in [-0.2, 0) is 6.42 Å². The fourth-order valence-corrected chi connectivity index (χ4v) is 1.52. The van der Waals surface area contributed by atoms with Crippen molar-refractivity contribution in [2.24, 2.45) is 5.73 Å². The number of phenolic OH excluding ortho intramolecular Hbond substituents is 1. The molecule has 1 aliphatic heterocycles. The molecular weight excluding hydrogens is 152 g/mol. The lowest BCUT2D eigenvalue weighted by Gasteiger charge is -2.23. The number of nitrogens with two attached hydrogens (primary N) is 1. The summed E-state index contributed by atoms with van der Waals surface area (Å²) in [6, 6.07) is 5.50. The molecule has 1 atom stereocenters. The Kier molecular flexibility index (Phi) is 1.66. The van der Waals surface area contributed by atoms with Crippen molar-refractivity contribution in [2.75, 3.05) is 11.9 Å². The largest absolute Gasteiger partial charge is 0.508 e. The zero-order valence-corrected chi connectivity index (χ0v) is 6.75. The molecule has 1 heterocycles. The molecule has 64 valence electrons. The lowest BCUT2D eigenvalue weighted by Crippen LogP contribution is -2.35. The molecule has 0 saturated carbocycles. The minimum absolute atomic E-state index is 0.166. The van der Waals surface area contributed by atoms with Crippen LogP contribution in [-0.4, -0.2) is 17.7 Å². The van der Waals surface area contributed by atoms with Gasteiger partial charge in [-0.05, 0) is 30.2 Å². The van der Waals surface area contributed by atoms with E-state index in [0.717, 1.165) is 24.2 Å². The average Bonchev–Trinajstić information content (AvgIpc) is 2.03. The van der Waals surface area contributed by atoms with E-state index in [-0.39, 0.29) is 6.04 Å². The van der Waals surface area contributed by atoms with Gasteiger partial charge in [-0.15, -0.1) is 0 Å². The highest BCUT2D eigenvalue weighted by Crippen LogP contribution is 2.24. The molecule has 12 heavy (non-hydrogen) atoms. The van der Waals surface area contributed by atoms with Gasteiger partial charge >= 0.3 is 0 Å². The van der Waals surface area contributed by atoms with Gasteiger partial charge in [0.25, 0.3) is 0 Å². The molecule has 0 aliphatic carbocycles. The Morgan fingerprint density at radius 2 is 2.33 bits per heavy atom. The maximum atomic E-state index is 9.21. The number of hydrogen-bond acceptors (Lipinski definition) is 3. The van der Waals surface area contributed by atoms with Crippen molar-refractivity contribution in [1.82, 2.24) is 0 Å². The van der Waals surface area contributed by atoms with E-state index < -0.39 is 0 Å². The summed E-state index contributed by atoms with van der Waals surface area (Å²) in [7, 11) is 0. The molecule has 1 aromatic rings. The second-order valence-corrected chi connectivity index (χ2v) is 3.19. The SMILES string of the molecule is N[C@@H]1CNc2ccc(O)cc2C1. The predicted molar refractivity (Wildman–Crippen MR) is 48.3 cm³/mol. The Morgan fingerprint density at radius 1 is 1.50 bits per heavy atom. The number of fused-ring (bicyclic) bond motifs is 1. The third-order valence-corrected chi connectivity index (χ3v) is 2.13. The van der Waals surface area contributed by atoms with Gasteiger partial charge in [-0.2, -0.15) is 0 Å². The lowest BCUT2D eigenvalue weighted by atomic mass is 10.0. The first kappa shape index (κ1) is 7.43. The van der Waals surface area contributed by atoms with Crippen LogP contribution in [0.4, 0.5) is 5.69 Å². The number of phenols is 1. The van der Waals surface area contributed by atoms with Crippen molar-refractivity contribution < 1.29 is 5.11 Å². The first-order valence-corrected chi connectivity index (χ1v) is 4.07. The number of benzene rings is 1. The zero-order chi connectivity index (χ0) is 8.55. The molecule has 0 unspecified atom stereocenters. The van der Waals surface area contributed by atoms with Crippen LogP contribution in [0.25, 0.3) is 0 Å². The predicted octanol–water partition coefficient (Wildman–Crippen LogP) is 0.687. The first-order valence-electron chi connectivity index (χ1n) is 4.07. The number of anilines is 1. The Bertz CT molecular complexity index is 299. The second kappa shape index (κ2) is 2.68. The standard InChI is InChI=1S/C9H12N2O/c10-7-3-6-4-8(12)1-2-9(6)11-5-7/h1-2,4,7,11-12H,3,5,10H2/t7-/m0/s1. The van der Waals surface area contributed by atoms with Crippen molar-refractivity contribution in [3.8, 4) is 5.75 Å². The number of rotatable bonds is 0. The molecule has 0 bridgehead atoms. The Morgan fingerprint density at radius 3 is 3.17 bits per heavy atom. The molecule has 2 rings (SSSR count). The number of aromatic hydroxyl groups is 1. The number of nitrogens with one attached hydrogen (secondary N) is 1. The van der Waals surface area contributed by atoms with Gasteiger partial charge in [0.15, 0.2) is 0 Å². The third-order valence-electron chi connectivity index (χ3n) is 2.13. The zero-order valence-electron chi connectivity index (χ0n) is 6.75. The fourth-order valence-electron chi connectivity index (χ4n) is 1.52. The average molecular weight is 164 g/mol. The lowest BCUT2D eigenvalue weighted by molar-refractivity contribution is 0.474. The molecule has 0 amide bonds. The Hall–Kier alpha value is -1.22. The number of hydrogen-bond donors (Lipinski definition) is 3. The van der Waals surface area contributed by atoms with Crippen LogP contribution in [0, 0.1) is 0 Å². The monoisotopic (exact) mass is 164 g/mol. The molecule has 0 fully saturated rings. The van der Waals surface area contributed by atoms with Crippen LogP contribution >= 0.6 is 0 Å². The highest BCUT2D eigenvalue weighted by Gasteiger charge is 2.14. The van der Waals surface area contributed by atoms with Crippen LogP contribution in [0.3, 0.4) is 0 Å². The van der Waals surface area contributed by atoms with Crippen LogP contribution < -0.4 is 11.1 Å². The summed E-state index contributed by atoms with van der Waals surface area (Å²) in [5, 5.41) is 12.4. The van der Waals surface area contributed by atoms with Gasteiger partial charge in [0, 0.05) is 18.3 Å². The van der Waals surface area contributed by atoms with Crippen LogP contribution in [0.15, 0.2) is 18.2 Å². The summed E-state index contributed by atoms with van der Waals surface area (Å²) in [5.74, 6) is 0.310. The van der Waals surface area contributed by atoms with Gasteiger partial charge in [0.05, 0.1) is 0 Å². The van der Waals surface area contributed by atoms with Crippen LogP contribution in [0.2, 0.25) is 0 Å². The second-order valence-electron chi connectivity index (χ2n) is 3.19. The van der Waals surface area contributed by atoms with Crippen molar-refractivity contribution in [2.45, 2.75) is 12.5 Å². The minimum Gasteiger partial charge on any atom is -0.508 e. The smallest absolute Gasteiger partial charge is 0.116 e. The summed E-state index contributed by atoms with van der Waals surface area (Å²) in [6.07, 6.45) is 0.844. The molecule has 0 aromatic heterocycles. The van der Waals surface area contributed by atoms with E-state index in [0.29, 0.717) is 5.75 Å². The molecule has 1 aliphatic rings. The van der Waals surface area contributed by atoms with Crippen molar-refractivity contribution >= 4 is 5.69 Å². The molecule has 0 spiro atoms. The first-order chi connectivity index (χ1) is 5.75. The summed E-state index contributed by atoms with van der Waals surface area (Å²) >= 11 is 0. The van der Waals surface area contributed by atoms with Gasteiger partial charge < -0.3 is 16.2 Å². The summed E-state index contributed by atoms with van der Waals surface area (Å²) in [4.78, 5) is 0. The van der Waals surface area contributed by atoms with Gasteiger partial charge in [-0.3, -0.25) is 0 Å². The van der Waals surface area contributed by atoms with E-state index in [1.54, 1.807) is 12.1 Å². The summed E-state index contributed by atoms with van der Waals surface area (Å²) in [5.41, 5.74) is 7.95. The molecule has 1 aromatic carbocycles. The maximum Gasteiger partial charge on any atom is 0.116 e. The molecule has 3 heteroatoms. The van der Waals surface area contributed by atoms with E-state index in [9.17, 15) is 5.11 Å². The van der Waals surface area contributed by atoms with Gasteiger partial charge in [0.1, 0.15) is 5.75 Å². The van der Waals surface area contributed by atoms with E-state index in [2.05, 4.69) is 5.32 Å². The molecular formula is C9H12N2O. The van der Waals surface area contributed by atoms with E-state index in [4.69, 9.17) is 5.73 Å². The Balaban J connectivity index is 2.37. The van der Waals surface area contributed by atoms with Crippen LogP contribution in [0.5, 0.6) is 5.75 Å². The van der Waals surface area contributed by atoms with Crippen molar-refractivity contribution in [3.63, 3.8) is 0 Å². The minimum atomic E-state index is 0.166. The molecule has 0 radical (unpaired) electrons. The Labute approximate surface area is 71.2 Å². The molecule has 4 N–H and O–H groups in total. The van der Waals surface area contributed by atoms with Crippen molar-refractivity contribution in [3.05, 3.63) is 23.8 Å². The van der Waals surface area contributed by atoms with Crippen LogP contribution in [0.1, 0.15) is 5.56 Å². The van der Waals surface area contributed by atoms with E-state index in [1.807, 2.05) is 6.07 Å². The van der Waals surface area contributed by atoms with E-state index in [1.165, 1.54) is 0 Å². The third kappa shape index (κ3) is 1.23. The van der Waals surface area contributed by atoms with E-state index >= 15 is 0 Å².